The molecule has 0 aromatic heterocycles. The zero-order valence-corrected chi connectivity index (χ0v) is 12.6. The van der Waals surface area contributed by atoms with Crippen LogP contribution in [0.5, 0.6) is 0 Å². The van der Waals surface area contributed by atoms with Gasteiger partial charge in [-0.3, -0.25) is 0 Å². The van der Waals surface area contributed by atoms with Crippen molar-refractivity contribution in [1.82, 2.24) is 4.31 Å². The maximum absolute atomic E-state index is 13.7. The molecule has 114 valence electrons. The largest absolute Gasteiger partial charge is 0.395 e. The van der Waals surface area contributed by atoms with Gasteiger partial charge in [0.1, 0.15) is 10.7 Å². The molecule has 0 unspecified atom stereocenters. The lowest BCUT2D eigenvalue weighted by atomic mass is 10.2. The minimum Gasteiger partial charge on any atom is -0.395 e. The normalized spacial score (nSPS) is 12.0. The molecule has 20 heavy (non-hydrogen) atoms. The highest BCUT2D eigenvalue weighted by atomic mass is 32.2. The van der Waals surface area contributed by atoms with Crippen LogP contribution in [0, 0.1) is 5.82 Å². The third kappa shape index (κ3) is 4.54. The molecule has 0 aliphatic carbocycles. The molecule has 0 saturated carbocycles. The van der Waals surface area contributed by atoms with E-state index in [1.54, 1.807) is 0 Å². The number of unbranched alkanes of at least 4 members (excludes halogenated alkanes) is 3. The summed E-state index contributed by atoms with van der Waals surface area (Å²) in [5, 5.41) is 9.02. The number of aliphatic hydroxyl groups excluding tert-OH is 1. The molecule has 0 saturated heterocycles. The van der Waals surface area contributed by atoms with Gasteiger partial charge < -0.3 is 5.11 Å². The Labute approximate surface area is 120 Å². The van der Waals surface area contributed by atoms with Crippen LogP contribution >= 0.6 is 0 Å². The lowest BCUT2D eigenvalue weighted by Crippen LogP contribution is -2.35. The number of aliphatic hydroxyl groups is 1. The summed E-state index contributed by atoms with van der Waals surface area (Å²) in [6.45, 7) is 2.09. The SMILES string of the molecule is CCCCCCN(CCO)S(=O)(=O)c1ccccc1F. The van der Waals surface area contributed by atoms with Gasteiger partial charge in [-0.05, 0) is 18.6 Å². The Bertz CT molecular complexity index is 505. The van der Waals surface area contributed by atoms with Gasteiger partial charge in [0.25, 0.3) is 0 Å². The molecule has 4 nitrogen and oxygen atoms in total. The fourth-order valence-electron chi connectivity index (χ4n) is 1.97. The summed E-state index contributed by atoms with van der Waals surface area (Å²) in [4.78, 5) is -0.330. The van der Waals surface area contributed by atoms with Crippen molar-refractivity contribution in [2.75, 3.05) is 19.7 Å². The van der Waals surface area contributed by atoms with Crippen LogP contribution < -0.4 is 0 Å². The highest BCUT2D eigenvalue weighted by molar-refractivity contribution is 7.89. The minimum atomic E-state index is -3.88. The van der Waals surface area contributed by atoms with Gasteiger partial charge in [-0.15, -0.1) is 0 Å². The predicted octanol–water partition coefficient (Wildman–Crippen LogP) is 2.39. The van der Waals surface area contributed by atoms with Gasteiger partial charge in [-0.2, -0.15) is 4.31 Å². The summed E-state index contributed by atoms with van der Waals surface area (Å²) in [7, 11) is -3.88. The van der Waals surface area contributed by atoms with Gasteiger partial charge in [0.2, 0.25) is 10.0 Å². The van der Waals surface area contributed by atoms with Crippen molar-refractivity contribution in [2.45, 2.75) is 37.5 Å². The van der Waals surface area contributed by atoms with Crippen molar-refractivity contribution < 1.29 is 17.9 Å². The molecule has 0 fully saturated rings. The second kappa shape index (κ2) is 8.34. The maximum atomic E-state index is 13.7. The molecule has 1 N–H and O–H groups in total. The lowest BCUT2D eigenvalue weighted by molar-refractivity contribution is 0.251. The van der Waals surface area contributed by atoms with Gasteiger partial charge in [-0.1, -0.05) is 38.3 Å². The molecule has 1 aromatic rings. The quantitative estimate of drug-likeness (QED) is 0.713. The van der Waals surface area contributed by atoms with Crippen LogP contribution in [-0.2, 0) is 10.0 Å². The molecule has 1 aromatic carbocycles. The molecule has 0 aliphatic rings. The van der Waals surface area contributed by atoms with Crippen LogP contribution in [0.3, 0.4) is 0 Å². The van der Waals surface area contributed by atoms with Gasteiger partial charge in [0.05, 0.1) is 6.61 Å². The number of benzene rings is 1. The van der Waals surface area contributed by atoms with Crippen LogP contribution in [0.4, 0.5) is 4.39 Å². The zero-order chi connectivity index (χ0) is 15.0. The average molecular weight is 303 g/mol. The number of sulfonamides is 1. The van der Waals surface area contributed by atoms with Crippen LogP contribution in [0.25, 0.3) is 0 Å². The standard InChI is InChI=1S/C14H22FNO3S/c1-2-3-4-7-10-16(11-12-17)20(18,19)14-9-6-5-8-13(14)15/h5-6,8-9,17H,2-4,7,10-12H2,1H3. The Morgan fingerprint density at radius 1 is 1.15 bits per heavy atom. The minimum absolute atomic E-state index is 0.0111. The Balaban J connectivity index is 2.86. The van der Waals surface area contributed by atoms with E-state index in [-0.39, 0.29) is 18.0 Å². The van der Waals surface area contributed by atoms with Crippen molar-refractivity contribution in [3.8, 4) is 0 Å². The first-order valence-corrected chi connectivity index (χ1v) is 8.33. The summed E-state index contributed by atoms with van der Waals surface area (Å²) in [5.74, 6) is -0.760. The van der Waals surface area contributed by atoms with E-state index >= 15 is 0 Å². The summed E-state index contributed by atoms with van der Waals surface area (Å²) < 4.78 is 39.6. The van der Waals surface area contributed by atoms with E-state index in [1.165, 1.54) is 18.2 Å². The third-order valence-corrected chi connectivity index (χ3v) is 5.00. The Morgan fingerprint density at radius 3 is 2.45 bits per heavy atom. The summed E-state index contributed by atoms with van der Waals surface area (Å²) in [6, 6.07) is 5.32. The summed E-state index contributed by atoms with van der Waals surface area (Å²) >= 11 is 0. The van der Waals surface area contributed by atoms with E-state index in [0.29, 0.717) is 13.0 Å². The molecule has 1 rings (SSSR count). The van der Waals surface area contributed by atoms with Crippen molar-refractivity contribution in [3.63, 3.8) is 0 Å². The van der Waals surface area contributed by atoms with Gasteiger partial charge >= 0.3 is 0 Å². The molecular weight excluding hydrogens is 281 g/mol. The smallest absolute Gasteiger partial charge is 0.246 e. The van der Waals surface area contributed by atoms with E-state index in [9.17, 15) is 12.8 Å². The maximum Gasteiger partial charge on any atom is 0.246 e. The average Bonchev–Trinajstić information content (AvgIpc) is 2.42. The first-order chi connectivity index (χ1) is 9.54. The van der Waals surface area contributed by atoms with E-state index in [2.05, 4.69) is 6.92 Å². The predicted molar refractivity (Wildman–Crippen MR) is 76.4 cm³/mol. The fourth-order valence-corrected chi connectivity index (χ4v) is 3.51. The molecule has 6 heteroatoms. The second-order valence-electron chi connectivity index (χ2n) is 4.62. The van der Waals surface area contributed by atoms with Crippen LogP contribution in [0.15, 0.2) is 29.2 Å². The van der Waals surface area contributed by atoms with Crippen LogP contribution in [0.2, 0.25) is 0 Å². The zero-order valence-electron chi connectivity index (χ0n) is 11.8. The van der Waals surface area contributed by atoms with Crippen molar-refractivity contribution in [2.24, 2.45) is 0 Å². The Hall–Kier alpha value is -0.980. The summed E-state index contributed by atoms with van der Waals surface area (Å²) in [6.07, 6.45) is 3.72. The van der Waals surface area contributed by atoms with Crippen molar-refractivity contribution in [3.05, 3.63) is 30.1 Å². The first kappa shape index (κ1) is 17.1. The monoisotopic (exact) mass is 303 g/mol. The van der Waals surface area contributed by atoms with Crippen LogP contribution in [-0.4, -0.2) is 37.5 Å². The van der Waals surface area contributed by atoms with Crippen molar-refractivity contribution in [1.29, 1.82) is 0 Å². The van der Waals surface area contributed by atoms with E-state index in [1.807, 2.05) is 0 Å². The summed E-state index contributed by atoms with van der Waals surface area (Å²) in [5.41, 5.74) is 0. The first-order valence-electron chi connectivity index (χ1n) is 6.89. The molecule has 0 spiro atoms. The van der Waals surface area contributed by atoms with Crippen molar-refractivity contribution >= 4 is 10.0 Å². The van der Waals surface area contributed by atoms with E-state index in [4.69, 9.17) is 5.11 Å². The number of rotatable bonds is 9. The molecule has 0 atom stereocenters. The second-order valence-corrected chi connectivity index (χ2v) is 6.53. The molecule has 0 heterocycles. The van der Waals surface area contributed by atoms with E-state index in [0.717, 1.165) is 29.6 Å². The van der Waals surface area contributed by atoms with E-state index < -0.39 is 15.8 Å². The molecular formula is C14H22FNO3S. The number of hydrogen-bond donors (Lipinski definition) is 1. The van der Waals surface area contributed by atoms with Gasteiger partial charge in [-0.25, -0.2) is 12.8 Å². The third-order valence-electron chi connectivity index (χ3n) is 3.06. The topological polar surface area (TPSA) is 57.6 Å². The number of hydrogen-bond acceptors (Lipinski definition) is 3. The number of nitrogens with zero attached hydrogens (tertiary/aromatic N) is 1. The van der Waals surface area contributed by atoms with Gasteiger partial charge in [0.15, 0.2) is 0 Å². The molecule has 0 bridgehead atoms. The molecule has 0 amide bonds. The fraction of sp³-hybridized carbons (Fsp3) is 0.571. The molecule has 0 radical (unpaired) electrons. The molecule has 0 aliphatic heterocycles. The lowest BCUT2D eigenvalue weighted by Gasteiger charge is -2.21. The van der Waals surface area contributed by atoms with Gasteiger partial charge in [0, 0.05) is 13.1 Å². The highest BCUT2D eigenvalue weighted by Gasteiger charge is 2.26. The van der Waals surface area contributed by atoms with Crippen LogP contribution in [0.1, 0.15) is 32.6 Å². The Kier molecular flexibility index (Phi) is 7.12. The number of halogens is 1. The highest BCUT2D eigenvalue weighted by Crippen LogP contribution is 2.19. The Morgan fingerprint density at radius 2 is 1.85 bits per heavy atom.